The van der Waals surface area contributed by atoms with Gasteiger partial charge in [0.15, 0.2) is 0 Å². The van der Waals surface area contributed by atoms with Crippen LogP contribution in [0.1, 0.15) is 5.56 Å². The molecule has 1 nitrogen and oxygen atoms in total. The molecule has 66 valence electrons. The second-order valence-corrected chi connectivity index (χ2v) is 3.95. The van der Waals surface area contributed by atoms with E-state index in [1.54, 1.807) is 17.4 Å². The van der Waals surface area contributed by atoms with E-state index in [9.17, 15) is 5.11 Å². The predicted octanol–water partition coefficient (Wildman–Crippen LogP) is 3.43. The van der Waals surface area contributed by atoms with Crippen LogP contribution in [0.5, 0.6) is 5.75 Å². The van der Waals surface area contributed by atoms with Gasteiger partial charge in [0.25, 0.3) is 0 Å². The van der Waals surface area contributed by atoms with Crippen molar-refractivity contribution in [2.24, 2.45) is 0 Å². The summed E-state index contributed by atoms with van der Waals surface area (Å²) in [7, 11) is 0. The molecule has 2 aromatic rings. The van der Waals surface area contributed by atoms with E-state index in [0.717, 1.165) is 10.4 Å². The normalized spacial score (nSPS) is 10.2. The maximum absolute atomic E-state index is 9.61. The molecule has 1 aromatic heterocycles. The molecule has 2 heteroatoms. The second kappa shape index (κ2) is 3.23. The van der Waals surface area contributed by atoms with Crippen molar-refractivity contribution in [3.8, 4) is 16.2 Å². The Labute approximate surface area is 81.3 Å². The number of aryl methyl sites for hydroxylation is 1. The molecule has 0 unspecified atom stereocenters. The summed E-state index contributed by atoms with van der Waals surface area (Å²) in [6.45, 7) is 2.02. The van der Waals surface area contributed by atoms with Crippen LogP contribution in [0, 0.1) is 6.92 Å². The average Bonchev–Trinajstić information content (AvgIpc) is 2.61. The zero-order chi connectivity index (χ0) is 9.26. The first-order valence-electron chi connectivity index (χ1n) is 4.11. The molecule has 0 aliphatic rings. The lowest BCUT2D eigenvalue weighted by molar-refractivity contribution is 0.477. The third kappa shape index (κ3) is 1.58. The van der Waals surface area contributed by atoms with Crippen LogP contribution in [0.15, 0.2) is 35.7 Å². The van der Waals surface area contributed by atoms with Gasteiger partial charge in [-0.05, 0) is 30.5 Å². The fourth-order valence-corrected chi connectivity index (χ4v) is 2.03. The smallest absolute Gasteiger partial charge is 0.124 e. The Bertz CT molecular complexity index is 404. The molecule has 0 aliphatic heterocycles. The fraction of sp³-hybridized carbons (Fsp3) is 0.0909. The Hall–Kier alpha value is -1.28. The highest BCUT2D eigenvalue weighted by Crippen LogP contribution is 2.32. The van der Waals surface area contributed by atoms with E-state index in [1.165, 1.54) is 5.56 Å². The number of hydrogen-bond acceptors (Lipinski definition) is 2. The van der Waals surface area contributed by atoms with Crippen molar-refractivity contribution in [3.05, 3.63) is 41.3 Å². The number of phenols is 1. The molecule has 0 spiro atoms. The van der Waals surface area contributed by atoms with Gasteiger partial charge in [0.05, 0.1) is 0 Å². The van der Waals surface area contributed by atoms with Crippen LogP contribution in [-0.2, 0) is 0 Å². The largest absolute Gasteiger partial charge is 0.507 e. The number of rotatable bonds is 1. The molecule has 0 bridgehead atoms. The Morgan fingerprint density at radius 2 is 2.08 bits per heavy atom. The van der Waals surface area contributed by atoms with Crippen LogP contribution < -0.4 is 0 Å². The molecule has 0 aliphatic carbocycles. The van der Waals surface area contributed by atoms with Gasteiger partial charge in [0.1, 0.15) is 5.75 Å². The van der Waals surface area contributed by atoms with Crippen molar-refractivity contribution in [2.75, 3.05) is 0 Å². The highest BCUT2D eigenvalue weighted by molar-refractivity contribution is 7.13. The van der Waals surface area contributed by atoms with Gasteiger partial charge in [-0.3, -0.25) is 0 Å². The molecule has 0 amide bonds. The molecule has 1 N–H and O–H groups in total. The van der Waals surface area contributed by atoms with Crippen molar-refractivity contribution < 1.29 is 5.11 Å². The molecule has 1 aromatic carbocycles. The zero-order valence-electron chi connectivity index (χ0n) is 7.32. The molecular weight excluding hydrogens is 180 g/mol. The van der Waals surface area contributed by atoms with Gasteiger partial charge in [0, 0.05) is 10.4 Å². The lowest BCUT2D eigenvalue weighted by Gasteiger charge is -2.02. The van der Waals surface area contributed by atoms with E-state index in [2.05, 4.69) is 0 Å². The van der Waals surface area contributed by atoms with Gasteiger partial charge in [-0.25, -0.2) is 0 Å². The first kappa shape index (κ1) is 8.32. The minimum atomic E-state index is 0.355. The summed E-state index contributed by atoms with van der Waals surface area (Å²) in [6, 6.07) is 9.65. The summed E-state index contributed by atoms with van der Waals surface area (Å²) < 4.78 is 0. The third-order valence-corrected chi connectivity index (χ3v) is 2.84. The Morgan fingerprint density at radius 3 is 2.77 bits per heavy atom. The van der Waals surface area contributed by atoms with E-state index >= 15 is 0 Å². The molecular formula is C11H10OS. The van der Waals surface area contributed by atoms with Crippen LogP contribution in [0.25, 0.3) is 10.4 Å². The van der Waals surface area contributed by atoms with E-state index in [4.69, 9.17) is 0 Å². The van der Waals surface area contributed by atoms with E-state index < -0.39 is 0 Å². The van der Waals surface area contributed by atoms with Crippen LogP contribution in [0.4, 0.5) is 0 Å². The predicted molar refractivity (Wildman–Crippen MR) is 56.2 cm³/mol. The summed E-state index contributed by atoms with van der Waals surface area (Å²) in [5.74, 6) is 0.355. The van der Waals surface area contributed by atoms with Crippen molar-refractivity contribution in [1.82, 2.24) is 0 Å². The standard InChI is InChI=1S/C11H10OS/c1-8-4-5-10(12)9(7-8)11-3-2-6-13-11/h2-7,12H,1H3. The number of benzene rings is 1. The lowest BCUT2D eigenvalue weighted by atomic mass is 10.1. The molecule has 0 atom stereocenters. The van der Waals surface area contributed by atoms with Crippen molar-refractivity contribution in [3.63, 3.8) is 0 Å². The SMILES string of the molecule is Cc1ccc(O)c(-c2cccs2)c1. The van der Waals surface area contributed by atoms with Gasteiger partial charge in [0.2, 0.25) is 0 Å². The maximum Gasteiger partial charge on any atom is 0.124 e. The summed E-state index contributed by atoms with van der Waals surface area (Å²) in [4.78, 5) is 1.11. The summed E-state index contributed by atoms with van der Waals surface area (Å²) in [5, 5.41) is 11.6. The first-order valence-corrected chi connectivity index (χ1v) is 4.99. The Kier molecular flexibility index (Phi) is 2.07. The Morgan fingerprint density at radius 1 is 1.23 bits per heavy atom. The molecule has 13 heavy (non-hydrogen) atoms. The number of phenolic OH excluding ortho intramolecular Hbond substituents is 1. The minimum absolute atomic E-state index is 0.355. The highest BCUT2D eigenvalue weighted by Gasteiger charge is 2.04. The number of hydrogen-bond donors (Lipinski definition) is 1. The van der Waals surface area contributed by atoms with Gasteiger partial charge < -0.3 is 5.11 Å². The third-order valence-electron chi connectivity index (χ3n) is 1.94. The summed E-state index contributed by atoms with van der Waals surface area (Å²) in [6.07, 6.45) is 0. The van der Waals surface area contributed by atoms with Crippen molar-refractivity contribution >= 4 is 11.3 Å². The van der Waals surface area contributed by atoms with Crippen LogP contribution in [-0.4, -0.2) is 5.11 Å². The van der Waals surface area contributed by atoms with E-state index in [-0.39, 0.29) is 0 Å². The highest BCUT2D eigenvalue weighted by atomic mass is 32.1. The van der Waals surface area contributed by atoms with Gasteiger partial charge in [-0.1, -0.05) is 17.7 Å². The zero-order valence-corrected chi connectivity index (χ0v) is 8.14. The van der Waals surface area contributed by atoms with E-state index in [1.807, 2.05) is 36.6 Å². The second-order valence-electron chi connectivity index (χ2n) is 3.00. The van der Waals surface area contributed by atoms with Gasteiger partial charge in [-0.2, -0.15) is 0 Å². The monoisotopic (exact) mass is 190 g/mol. The fourth-order valence-electron chi connectivity index (χ4n) is 1.28. The van der Waals surface area contributed by atoms with Gasteiger partial charge >= 0.3 is 0 Å². The summed E-state index contributed by atoms with van der Waals surface area (Å²) >= 11 is 1.64. The van der Waals surface area contributed by atoms with Crippen LogP contribution >= 0.6 is 11.3 Å². The van der Waals surface area contributed by atoms with Gasteiger partial charge in [-0.15, -0.1) is 11.3 Å². The maximum atomic E-state index is 9.61. The number of aromatic hydroxyl groups is 1. The molecule has 0 radical (unpaired) electrons. The van der Waals surface area contributed by atoms with Crippen molar-refractivity contribution in [2.45, 2.75) is 6.92 Å². The van der Waals surface area contributed by atoms with Crippen LogP contribution in [0.2, 0.25) is 0 Å². The lowest BCUT2D eigenvalue weighted by Crippen LogP contribution is -1.76. The first-order chi connectivity index (χ1) is 6.27. The Balaban J connectivity index is 2.57. The number of thiophene rings is 1. The topological polar surface area (TPSA) is 20.2 Å². The average molecular weight is 190 g/mol. The minimum Gasteiger partial charge on any atom is -0.507 e. The molecule has 1 heterocycles. The summed E-state index contributed by atoms with van der Waals surface area (Å²) in [5.41, 5.74) is 2.09. The molecule has 0 saturated carbocycles. The van der Waals surface area contributed by atoms with E-state index in [0.29, 0.717) is 5.75 Å². The quantitative estimate of drug-likeness (QED) is 0.730. The van der Waals surface area contributed by atoms with Crippen LogP contribution in [0.3, 0.4) is 0 Å². The molecule has 0 fully saturated rings. The molecule has 0 saturated heterocycles. The van der Waals surface area contributed by atoms with Crippen molar-refractivity contribution in [1.29, 1.82) is 0 Å². The molecule has 2 rings (SSSR count).